The number of para-hydroxylation sites is 2. The smallest absolute Gasteiger partial charge is 0.322 e. The van der Waals surface area contributed by atoms with Crippen LogP contribution in [0.3, 0.4) is 0 Å². The van der Waals surface area contributed by atoms with Crippen LogP contribution in [0.25, 0.3) is 0 Å². The Morgan fingerprint density at radius 3 is 2.61 bits per heavy atom. The van der Waals surface area contributed by atoms with Gasteiger partial charge in [0.25, 0.3) is 15.9 Å². The molecule has 4 heterocycles. The van der Waals surface area contributed by atoms with E-state index in [2.05, 4.69) is 25.0 Å². The van der Waals surface area contributed by atoms with Crippen molar-refractivity contribution in [3.63, 3.8) is 0 Å². The van der Waals surface area contributed by atoms with Crippen LogP contribution >= 0.6 is 0 Å². The summed E-state index contributed by atoms with van der Waals surface area (Å²) in [4.78, 5) is 26.5. The van der Waals surface area contributed by atoms with Crippen LogP contribution in [0.2, 0.25) is 0 Å². The molecule has 1 unspecified atom stereocenters. The molecule has 2 aliphatic rings. The molecule has 1 aromatic carbocycles. The summed E-state index contributed by atoms with van der Waals surface area (Å²) in [7, 11) is -2.76. The van der Waals surface area contributed by atoms with Crippen molar-refractivity contribution in [3.8, 4) is 29.1 Å². The van der Waals surface area contributed by atoms with Gasteiger partial charge >= 0.3 is 12.0 Å². The van der Waals surface area contributed by atoms with E-state index in [-0.39, 0.29) is 72.0 Å². The van der Waals surface area contributed by atoms with E-state index in [9.17, 15) is 13.2 Å². The molecular weight excluding hydrogens is 592 g/mol. The molecule has 3 aromatic rings. The van der Waals surface area contributed by atoms with E-state index in [0.717, 1.165) is 18.4 Å². The molecule has 2 aliphatic heterocycles. The first-order valence-electron chi connectivity index (χ1n) is 14.3. The number of sulfonamides is 1. The average Bonchev–Trinajstić information content (AvgIpc) is 3.69. The molecule has 2 N–H and O–H groups in total. The topological polar surface area (TPSA) is 163 Å². The highest BCUT2D eigenvalue weighted by molar-refractivity contribution is 7.92. The van der Waals surface area contributed by atoms with Gasteiger partial charge in [0, 0.05) is 25.9 Å². The first-order valence-corrected chi connectivity index (χ1v) is 15.8. The van der Waals surface area contributed by atoms with E-state index in [1.54, 1.807) is 35.2 Å². The van der Waals surface area contributed by atoms with Gasteiger partial charge in [0.1, 0.15) is 13.2 Å². The standard InChI is InChI=1S/C29H36N6O8S/c1-19(2)20-10-11-24(31-17-20)44(37,38)34-26-25(43-23-9-5-4-8-22(23)39-3)27(42-18-21-7-6-15-40-21)33-28(32-26)41-16-14-35-13-12-30-29(35)36/h4-5,8-11,17,19,21H,6-7,12-16,18H2,1-3H3,(H,30,36)(H,32,33,34). The zero-order valence-corrected chi connectivity index (χ0v) is 25.6. The third-order valence-electron chi connectivity index (χ3n) is 6.99. The number of nitrogens with zero attached hydrogens (tertiary/aromatic N) is 4. The van der Waals surface area contributed by atoms with Crippen molar-refractivity contribution < 1.29 is 36.9 Å². The summed E-state index contributed by atoms with van der Waals surface area (Å²) >= 11 is 0. The number of carbonyl (C=O) groups excluding carboxylic acids is 1. The number of ether oxygens (including phenoxy) is 5. The summed E-state index contributed by atoms with van der Waals surface area (Å²) in [6, 6.07) is 9.61. The van der Waals surface area contributed by atoms with Crippen molar-refractivity contribution in [2.45, 2.75) is 43.7 Å². The van der Waals surface area contributed by atoms with Crippen molar-refractivity contribution in [2.24, 2.45) is 0 Å². The largest absolute Gasteiger partial charge is 0.493 e. The summed E-state index contributed by atoms with van der Waals surface area (Å²) in [6.07, 6.45) is 3.04. The Morgan fingerprint density at radius 2 is 1.95 bits per heavy atom. The molecule has 236 valence electrons. The van der Waals surface area contributed by atoms with Gasteiger partial charge in [-0.3, -0.25) is 4.72 Å². The fourth-order valence-corrected chi connectivity index (χ4v) is 5.47. The van der Waals surface area contributed by atoms with Gasteiger partial charge in [-0.05, 0) is 42.5 Å². The van der Waals surface area contributed by atoms with Gasteiger partial charge in [-0.25, -0.2) is 9.78 Å². The highest BCUT2D eigenvalue weighted by atomic mass is 32.2. The number of hydrogen-bond donors (Lipinski definition) is 2. The maximum atomic E-state index is 13.6. The molecule has 5 rings (SSSR count). The first-order chi connectivity index (χ1) is 21.2. The lowest BCUT2D eigenvalue weighted by atomic mass is 10.1. The second kappa shape index (κ2) is 13.9. The molecule has 0 spiro atoms. The molecule has 0 radical (unpaired) electrons. The highest BCUT2D eigenvalue weighted by Crippen LogP contribution is 2.41. The molecule has 2 amide bonds. The van der Waals surface area contributed by atoms with Crippen molar-refractivity contribution in [2.75, 3.05) is 51.3 Å². The van der Waals surface area contributed by atoms with Crippen LogP contribution in [0.15, 0.2) is 47.6 Å². The number of aromatic nitrogens is 3. The highest BCUT2D eigenvalue weighted by Gasteiger charge is 2.28. The van der Waals surface area contributed by atoms with Gasteiger partial charge in [0.15, 0.2) is 22.3 Å². The third-order valence-corrected chi connectivity index (χ3v) is 8.25. The molecule has 2 saturated heterocycles. The Balaban J connectivity index is 1.51. The Hall–Kier alpha value is -4.37. The number of benzene rings is 1. The fraction of sp³-hybridized carbons (Fsp3) is 0.448. The van der Waals surface area contributed by atoms with Gasteiger partial charge in [-0.2, -0.15) is 18.4 Å². The Kier molecular flexibility index (Phi) is 9.85. The number of urea groups is 1. The van der Waals surface area contributed by atoms with E-state index < -0.39 is 10.0 Å². The predicted octanol–water partition coefficient (Wildman–Crippen LogP) is 3.56. The van der Waals surface area contributed by atoms with Gasteiger partial charge in [-0.1, -0.05) is 32.0 Å². The van der Waals surface area contributed by atoms with Crippen LogP contribution in [0.5, 0.6) is 29.1 Å². The number of anilines is 1. The van der Waals surface area contributed by atoms with E-state index in [4.69, 9.17) is 23.7 Å². The number of methoxy groups -OCH3 is 1. The molecule has 2 aromatic heterocycles. The molecule has 14 nitrogen and oxygen atoms in total. The minimum atomic E-state index is -4.25. The van der Waals surface area contributed by atoms with Gasteiger partial charge in [-0.15, -0.1) is 0 Å². The quantitative estimate of drug-likeness (QED) is 0.268. The fourth-order valence-electron chi connectivity index (χ4n) is 4.54. The number of hydrogen-bond acceptors (Lipinski definition) is 11. The van der Waals surface area contributed by atoms with Gasteiger partial charge < -0.3 is 33.9 Å². The number of pyridine rings is 1. The zero-order chi connectivity index (χ0) is 31.1. The predicted molar refractivity (Wildman–Crippen MR) is 159 cm³/mol. The minimum absolute atomic E-state index is 0.0513. The second-order valence-corrected chi connectivity index (χ2v) is 12.1. The van der Waals surface area contributed by atoms with Crippen LogP contribution in [0.1, 0.15) is 38.2 Å². The SMILES string of the molecule is COc1ccccc1Oc1c(NS(=O)(=O)c2ccc(C(C)C)cn2)nc(OCCN2CCNC2=O)nc1OCC1CCCO1. The van der Waals surface area contributed by atoms with Gasteiger partial charge in [0.05, 0.1) is 19.8 Å². The molecular formula is C29H36N6O8S. The molecule has 44 heavy (non-hydrogen) atoms. The van der Waals surface area contributed by atoms with Crippen LogP contribution in [-0.4, -0.2) is 87.0 Å². The van der Waals surface area contributed by atoms with Gasteiger partial charge in [0.2, 0.25) is 5.75 Å². The van der Waals surface area contributed by atoms with Crippen molar-refractivity contribution in [1.29, 1.82) is 0 Å². The van der Waals surface area contributed by atoms with Crippen LogP contribution in [0, 0.1) is 0 Å². The number of nitrogens with one attached hydrogen (secondary N) is 2. The molecule has 0 aliphatic carbocycles. The molecule has 15 heteroatoms. The van der Waals surface area contributed by atoms with Crippen molar-refractivity contribution in [1.82, 2.24) is 25.2 Å². The maximum absolute atomic E-state index is 13.6. The molecule has 2 fully saturated rings. The van der Waals surface area contributed by atoms with Crippen LogP contribution in [-0.2, 0) is 14.8 Å². The maximum Gasteiger partial charge on any atom is 0.322 e. The van der Waals surface area contributed by atoms with Crippen molar-refractivity contribution in [3.05, 3.63) is 48.2 Å². The summed E-state index contributed by atoms with van der Waals surface area (Å²) in [5.74, 6) is 0.412. The number of rotatable bonds is 14. The average molecular weight is 629 g/mol. The number of amides is 2. The summed E-state index contributed by atoms with van der Waals surface area (Å²) < 4.78 is 58.8. The third kappa shape index (κ3) is 7.58. The lowest BCUT2D eigenvalue weighted by molar-refractivity contribution is 0.0650. The summed E-state index contributed by atoms with van der Waals surface area (Å²) in [5.41, 5.74) is 0.887. The van der Waals surface area contributed by atoms with Crippen LogP contribution in [0.4, 0.5) is 10.6 Å². The Bertz CT molecular complexity index is 1550. The molecule has 0 bridgehead atoms. The normalized spacial score (nSPS) is 16.6. The Morgan fingerprint density at radius 1 is 1.14 bits per heavy atom. The van der Waals surface area contributed by atoms with E-state index >= 15 is 0 Å². The zero-order valence-electron chi connectivity index (χ0n) is 24.8. The second-order valence-electron chi connectivity index (χ2n) is 10.4. The number of carbonyl (C=O) groups is 1. The lowest BCUT2D eigenvalue weighted by Crippen LogP contribution is -2.32. The van der Waals surface area contributed by atoms with E-state index in [1.165, 1.54) is 19.4 Å². The van der Waals surface area contributed by atoms with E-state index in [0.29, 0.717) is 25.4 Å². The Labute approximate surface area is 256 Å². The lowest BCUT2D eigenvalue weighted by Gasteiger charge is -2.19. The summed E-state index contributed by atoms with van der Waals surface area (Å²) in [5, 5.41) is 2.51. The monoisotopic (exact) mass is 628 g/mol. The summed E-state index contributed by atoms with van der Waals surface area (Å²) in [6.45, 7) is 6.14. The molecule has 1 atom stereocenters. The molecule has 0 saturated carbocycles. The first kappa shape index (κ1) is 31.1. The van der Waals surface area contributed by atoms with Crippen molar-refractivity contribution >= 4 is 21.9 Å². The minimum Gasteiger partial charge on any atom is -0.493 e. The van der Waals surface area contributed by atoms with E-state index in [1.807, 2.05) is 13.8 Å². The van der Waals surface area contributed by atoms with Crippen LogP contribution < -0.4 is 29.0 Å².